The zero-order chi connectivity index (χ0) is 26.1. The van der Waals surface area contributed by atoms with Crippen LogP contribution in [0.25, 0.3) is 10.9 Å². The summed E-state index contributed by atoms with van der Waals surface area (Å²) in [7, 11) is 0. The maximum Gasteiger partial charge on any atom is 0.407 e. The van der Waals surface area contributed by atoms with E-state index >= 15 is 0 Å². The Morgan fingerprint density at radius 1 is 1.62 bits per heavy atom. The SMILES string of the molecule is [2H]C([2H])(CN(C([2H])([2H])[2H])C([2H])([2H])[2H])c1c[nH]c2ccc(C([2H])([2H])[C@]3([2H])NC(=O)OC3([2H])[2H])cc12. The first-order chi connectivity index (χ1) is 15.1. The summed E-state index contributed by atoms with van der Waals surface area (Å²) in [5.74, 6) is 0. The van der Waals surface area contributed by atoms with E-state index in [1.165, 1.54) is 18.3 Å². The smallest absolute Gasteiger partial charge is 0.407 e. The molecule has 5 heteroatoms. The molecular weight excluding hydrogens is 266 g/mol. The molecule has 2 N–H and O–H groups in total. The maximum atomic E-state index is 11.6. The number of benzene rings is 1. The number of aromatic amines is 1. The number of nitrogens with one attached hydrogen (secondary N) is 2. The van der Waals surface area contributed by atoms with Crippen LogP contribution in [0.2, 0.25) is 0 Å². The molecule has 1 aromatic heterocycles. The van der Waals surface area contributed by atoms with Gasteiger partial charge in [-0.15, -0.1) is 0 Å². The number of nitrogens with zero attached hydrogens (tertiary/aromatic N) is 1. The summed E-state index contributed by atoms with van der Waals surface area (Å²) in [5.41, 5.74) is -0.182. The fourth-order valence-corrected chi connectivity index (χ4v) is 1.96. The Morgan fingerprint density at radius 2 is 2.52 bits per heavy atom. The van der Waals surface area contributed by atoms with E-state index < -0.39 is 51.9 Å². The molecule has 2 heterocycles. The molecule has 0 radical (unpaired) electrons. The predicted octanol–water partition coefficient (Wildman–Crippen LogP) is 1.92. The second kappa shape index (κ2) is 5.77. The average Bonchev–Trinajstić information content (AvgIpc) is 3.16. The third-order valence-corrected chi connectivity index (χ3v) is 2.85. The van der Waals surface area contributed by atoms with Gasteiger partial charge in [-0.25, -0.2) is 4.79 Å². The summed E-state index contributed by atoms with van der Waals surface area (Å²) in [6, 6.07) is 0.792. The fraction of sp³-hybridized carbons (Fsp3) is 0.438. The number of hydrogen-bond donors (Lipinski definition) is 2. The van der Waals surface area contributed by atoms with Crippen LogP contribution in [-0.4, -0.2) is 49.1 Å². The lowest BCUT2D eigenvalue weighted by molar-refractivity contribution is 0.177. The summed E-state index contributed by atoms with van der Waals surface area (Å²) < 4.78 is 107. The van der Waals surface area contributed by atoms with E-state index in [9.17, 15) is 4.79 Å². The minimum Gasteiger partial charge on any atom is -0.447 e. The number of aromatic nitrogens is 1. The number of carbonyl (C=O) groups is 1. The second-order valence-electron chi connectivity index (χ2n) is 4.34. The summed E-state index contributed by atoms with van der Waals surface area (Å²) in [6.45, 7) is -10.3. The molecule has 0 spiro atoms. The third kappa shape index (κ3) is 3.19. The number of H-pyrrole nitrogens is 1. The Kier molecular flexibility index (Phi) is 1.46. The first kappa shape index (κ1) is 5.32. The average molecular weight is 300 g/mol. The molecule has 112 valence electrons. The van der Waals surface area contributed by atoms with Crippen molar-refractivity contribution in [2.75, 3.05) is 27.1 Å². The Bertz CT molecular complexity index is 1090. The van der Waals surface area contributed by atoms with Crippen LogP contribution in [0, 0.1) is 0 Å². The van der Waals surface area contributed by atoms with Crippen molar-refractivity contribution in [3.05, 3.63) is 35.5 Å². The molecule has 0 saturated carbocycles. The van der Waals surface area contributed by atoms with Crippen molar-refractivity contribution in [1.82, 2.24) is 15.2 Å². The maximum absolute atomic E-state index is 11.6. The number of carbonyl (C=O) groups excluding carboxylic acids is 1. The zero-order valence-electron chi connectivity index (χ0n) is 23.8. The molecule has 5 nitrogen and oxygen atoms in total. The highest BCUT2D eigenvalue weighted by atomic mass is 16.6. The van der Waals surface area contributed by atoms with Crippen LogP contribution < -0.4 is 5.32 Å². The Balaban J connectivity index is 2.09. The van der Waals surface area contributed by atoms with Crippen LogP contribution in [0.3, 0.4) is 0 Å². The second-order valence-corrected chi connectivity index (χ2v) is 4.34. The van der Waals surface area contributed by atoms with Crippen LogP contribution in [0.1, 0.15) is 28.9 Å². The van der Waals surface area contributed by atoms with E-state index in [0.29, 0.717) is 5.52 Å². The van der Waals surface area contributed by atoms with Crippen molar-refractivity contribution in [1.29, 1.82) is 0 Å². The number of cyclic esters (lactones) is 1. The standard InChI is InChI=1S/C16H21N3O2/c1-19(2)6-5-12-9-17-15-4-3-11(8-14(12)15)7-13-10-21-16(20)18-13/h3-4,8-9,13,17H,5-7,10H2,1-2H3,(H,18,20)/t13-/m0/s1/i1D3,2D3,5D2,7D2,10D2,13D. The van der Waals surface area contributed by atoms with Gasteiger partial charge in [0.05, 0.1) is 10.1 Å². The van der Waals surface area contributed by atoms with Crippen LogP contribution in [-0.2, 0) is 17.5 Å². The Morgan fingerprint density at radius 3 is 3.29 bits per heavy atom. The Hall–Kier alpha value is -2.01. The highest BCUT2D eigenvalue weighted by Gasteiger charge is 2.22. The van der Waals surface area contributed by atoms with Crippen LogP contribution in [0.15, 0.2) is 24.4 Å². The van der Waals surface area contributed by atoms with E-state index in [1.807, 2.05) is 5.32 Å². The van der Waals surface area contributed by atoms with Gasteiger partial charge >= 0.3 is 6.09 Å². The molecule has 1 atom stereocenters. The highest BCUT2D eigenvalue weighted by molar-refractivity contribution is 5.84. The van der Waals surface area contributed by atoms with Gasteiger partial charge in [-0.1, -0.05) is 6.07 Å². The first-order valence-electron chi connectivity index (χ1n) is 12.5. The summed E-state index contributed by atoms with van der Waals surface area (Å²) in [4.78, 5) is 14.4. The van der Waals surface area contributed by atoms with E-state index in [0.717, 1.165) is 6.07 Å². The first-order valence-corrected chi connectivity index (χ1v) is 6.04. The van der Waals surface area contributed by atoms with Crippen molar-refractivity contribution in [3.8, 4) is 0 Å². The van der Waals surface area contributed by atoms with Gasteiger partial charge in [-0.3, -0.25) is 0 Å². The molecule has 1 aromatic carbocycles. The van der Waals surface area contributed by atoms with E-state index in [-0.39, 0.29) is 21.4 Å². The number of alkyl carbamates (subject to hydrolysis) is 1. The lowest BCUT2D eigenvalue weighted by atomic mass is 10.0. The number of fused-ring (bicyclic) bond motifs is 1. The molecule has 0 unspecified atom stereocenters. The van der Waals surface area contributed by atoms with Gasteiger partial charge in [0.15, 0.2) is 0 Å². The molecule has 1 aliphatic heterocycles. The molecule has 2 aromatic rings. The minimum absolute atomic E-state index is 0.0526. The van der Waals surface area contributed by atoms with Crippen LogP contribution >= 0.6 is 0 Å². The topological polar surface area (TPSA) is 57.4 Å². The molecule has 1 fully saturated rings. The van der Waals surface area contributed by atoms with Crippen molar-refractivity contribution in [2.24, 2.45) is 0 Å². The Labute approximate surface area is 142 Å². The van der Waals surface area contributed by atoms with Gasteiger partial charge < -0.3 is 19.9 Å². The van der Waals surface area contributed by atoms with Gasteiger partial charge in [0.2, 0.25) is 0 Å². The predicted molar refractivity (Wildman–Crippen MR) is 82.5 cm³/mol. The minimum atomic E-state index is -3.13. The van der Waals surface area contributed by atoms with Gasteiger partial charge in [-0.2, -0.15) is 0 Å². The number of hydrogen-bond acceptors (Lipinski definition) is 3. The van der Waals surface area contributed by atoms with Crippen molar-refractivity contribution in [2.45, 2.75) is 18.8 Å². The molecule has 21 heavy (non-hydrogen) atoms. The highest BCUT2D eigenvalue weighted by Crippen LogP contribution is 2.21. The number of rotatable bonds is 5. The normalized spacial score (nSPS) is 35.9. The number of ether oxygens (including phenoxy) is 1. The molecular formula is C16H21N3O2. The summed E-state index contributed by atoms with van der Waals surface area (Å²) >= 11 is 0. The summed E-state index contributed by atoms with van der Waals surface area (Å²) in [6.07, 6.45) is -5.54. The number of likely N-dealkylation sites (N-methyl/N-ethyl adjacent to an activating group) is 1. The van der Waals surface area contributed by atoms with Crippen molar-refractivity contribution >= 4 is 17.0 Å². The summed E-state index contributed by atoms with van der Waals surface area (Å²) in [5, 5.41) is 1.90. The molecule has 1 amide bonds. The van der Waals surface area contributed by atoms with E-state index in [1.54, 1.807) is 0 Å². The molecule has 1 aliphatic rings. The third-order valence-electron chi connectivity index (χ3n) is 2.85. The van der Waals surface area contributed by atoms with Crippen molar-refractivity contribution in [3.63, 3.8) is 0 Å². The van der Waals surface area contributed by atoms with Gasteiger partial charge in [0.25, 0.3) is 0 Å². The zero-order valence-corrected chi connectivity index (χ0v) is 10.8. The van der Waals surface area contributed by atoms with Gasteiger partial charge in [0.1, 0.15) is 6.56 Å². The van der Waals surface area contributed by atoms with Crippen molar-refractivity contribution < 1.29 is 27.4 Å². The monoisotopic (exact) mass is 300 g/mol. The van der Waals surface area contributed by atoms with Crippen LogP contribution in [0.5, 0.6) is 0 Å². The quantitative estimate of drug-likeness (QED) is 0.887. The van der Waals surface area contributed by atoms with Gasteiger partial charge in [-0.05, 0) is 50.0 Å². The van der Waals surface area contributed by atoms with E-state index in [4.69, 9.17) is 17.8 Å². The van der Waals surface area contributed by atoms with Gasteiger partial charge in [0, 0.05) is 37.4 Å². The lowest BCUT2D eigenvalue weighted by Gasteiger charge is -2.09. The molecule has 0 bridgehead atoms. The molecule has 1 saturated heterocycles. The molecule has 3 rings (SSSR count). The van der Waals surface area contributed by atoms with E-state index in [2.05, 4.69) is 9.72 Å². The fourth-order valence-electron chi connectivity index (χ4n) is 1.96. The molecule has 0 aliphatic carbocycles. The number of amides is 1. The van der Waals surface area contributed by atoms with Crippen LogP contribution in [0.4, 0.5) is 4.79 Å². The largest absolute Gasteiger partial charge is 0.447 e. The lowest BCUT2D eigenvalue weighted by Crippen LogP contribution is -2.28.